The van der Waals surface area contributed by atoms with E-state index in [1.165, 1.54) is 11.8 Å². The number of amides is 1. The van der Waals surface area contributed by atoms with Crippen molar-refractivity contribution < 1.29 is 9.53 Å². The third kappa shape index (κ3) is 5.38. The van der Waals surface area contributed by atoms with Crippen LogP contribution in [0.25, 0.3) is 0 Å². The van der Waals surface area contributed by atoms with Crippen LogP contribution in [0.1, 0.15) is 28.4 Å². The van der Waals surface area contributed by atoms with Crippen molar-refractivity contribution in [3.8, 4) is 0 Å². The van der Waals surface area contributed by atoms with Gasteiger partial charge in [0.25, 0.3) is 5.91 Å². The summed E-state index contributed by atoms with van der Waals surface area (Å²) < 4.78 is 5.44. The zero-order valence-corrected chi connectivity index (χ0v) is 16.7. The van der Waals surface area contributed by atoms with Crippen molar-refractivity contribution in [1.82, 2.24) is 25.1 Å². The molecule has 7 nitrogen and oxygen atoms in total. The lowest BCUT2D eigenvalue weighted by Gasteiger charge is -2.40. The smallest absolute Gasteiger partial charge is 0.271 e. The van der Waals surface area contributed by atoms with Gasteiger partial charge in [-0.1, -0.05) is 30.3 Å². The van der Waals surface area contributed by atoms with Crippen LogP contribution in [0.2, 0.25) is 0 Å². The van der Waals surface area contributed by atoms with Crippen molar-refractivity contribution in [2.24, 2.45) is 0 Å². The van der Waals surface area contributed by atoms with E-state index in [0.717, 1.165) is 58.9 Å². The average Bonchev–Trinajstić information content (AvgIpc) is 2.80. The molecule has 7 heteroatoms. The summed E-state index contributed by atoms with van der Waals surface area (Å²) >= 11 is 0. The molecular formula is C22H29N5O2. The lowest BCUT2D eigenvalue weighted by Crippen LogP contribution is -2.53. The highest BCUT2D eigenvalue weighted by Gasteiger charge is 2.32. The Labute approximate surface area is 172 Å². The lowest BCUT2D eigenvalue weighted by molar-refractivity contribution is 0.0309. The predicted octanol–water partition coefficient (Wildman–Crippen LogP) is 1.40. The van der Waals surface area contributed by atoms with Crippen molar-refractivity contribution in [2.75, 3.05) is 52.5 Å². The third-order valence-electron chi connectivity index (χ3n) is 5.87. The number of hydrogen-bond donors (Lipinski definition) is 1. The fraction of sp³-hybridized carbons (Fsp3) is 0.500. The van der Waals surface area contributed by atoms with E-state index >= 15 is 0 Å². The first-order valence-electron chi connectivity index (χ1n) is 10.4. The minimum absolute atomic E-state index is 0.0466. The number of aromatic nitrogens is 2. The Morgan fingerprint density at radius 1 is 1.07 bits per heavy atom. The summed E-state index contributed by atoms with van der Waals surface area (Å²) in [6, 6.07) is 10.5. The quantitative estimate of drug-likeness (QED) is 0.797. The van der Waals surface area contributed by atoms with Gasteiger partial charge in [0.15, 0.2) is 0 Å². The van der Waals surface area contributed by atoms with Gasteiger partial charge in [0, 0.05) is 57.1 Å². The first-order valence-corrected chi connectivity index (χ1v) is 10.4. The summed E-state index contributed by atoms with van der Waals surface area (Å²) in [5.74, 6) is 0.149. The van der Waals surface area contributed by atoms with Gasteiger partial charge in [-0.05, 0) is 18.5 Å². The summed E-state index contributed by atoms with van der Waals surface area (Å²) in [6.45, 7) is 7.61. The second-order valence-electron chi connectivity index (χ2n) is 7.73. The SMILES string of the molecule is O=C(N[C@H]1CN(CCN2CCOCC2)CC[C@H]1c1ccccc1)c1cnccn1. The number of hydrogen-bond acceptors (Lipinski definition) is 6. The lowest BCUT2D eigenvalue weighted by atomic mass is 9.85. The van der Waals surface area contributed by atoms with Gasteiger partial charge in [-0.3, -0.25) is 19.6 Å². The van der Waals surface area contributed by atoms with Gasteiger partial charge in [-0.25, -0.2) is 4.98 Å². The number of rotatable bonds is 6. The molecule has 2 saturated heterocycles. The van der Waals surface area contributed by atoms with E-state index in [1.807, 2.05) is 6.07 Å². The molecule has 3 heterocycles. The number of ether oxygens (including phenoxy) is 1. The molecule has 154 valence electrons. The number of carbonyl (C=O) groups excluding carboxylic acids is 1. The minimum Gasteiger partial charge on any atom is -0.379 e. The van der Waals surface area contributed by atoms with Gasteiger partial charge in [-0.15, -0.1) is 0 Å². The maximum Gasteiger partial charge on any atom is 0.271 e. The molecule has 2 aliphatic rings. The van der Waals surface area contributed by atoms with Crippen molar-refractivity contribution in [2.45, 2.75) is 18.4 Å². The van der Waals surface area contributed by atoms with Gasteiger partial charge in [0.05, 0.1) is 19.4 Å². The molecule has 1 amide bonds. The number of morpholine rings is 1. The van der Waals surface area contributed by atoms with Crippen LogP contribution in [0.4, 0.5) is 0 Å². The first-order chi connectivity index (χ1) is 14.3. The normalized spacial score (nSPS) is 23.6. The highest BCUT2D eigenvalue weighted by Crippen LogP contribution is 2.28. The zero-order valence-electron chi connectivity index (χ0n) is 16.7. The maximum atomic E-state index is 12.7. The van der Waals surface area contributed by atoms with Crippen molar-refractivity contribution in [3.05, 3.63) is 60.2 Å². The molecule has 0 aliphatic carbocycles. The highest BCUT2D eigenvalue weighted by molar-refractivity contribution is 5.92. The van der Waals surface area contributed by atoms with Crippen LogP contribution in [0, 0.1) is 0 Å². The number of nitrogens with one attached hydrogen (secondary N) is 1. The molecule has 1 aromatic carbocycles. The molecule has 0 saturated carbocycles. The Balaban J connectivity index is 1.42. The molecule has 2 fully saturated rings. The fourth-order valence-electron chi connectivity index (χ4n) is 4.23. The van der Waals surface area contributed by atoms with Crippen molar-refractivity contribution in [1.29, 1.82) is 0 Å². The van der Waals surface area contributed by atoms with Gasteiger partial charge in [-0.2, -0.15) is 0 Å². The third-order valence-corrected chi connectivity index (χ3v) is 5.87. The molecule has 0 unspecified atom stereocenters. The summed E-state index contributed by atoms with van der Waals surface area (Å²) in [5, 5.41) is 3.23. The van der Waals surface area contributed by atoms with Crippen LogP contribution < -0.4 is 5.32 Å². The molecular weight excluding hydrogens is 366 g/mol. The van der Waals surface area contributed by atoms with E-state index in [4.69, 9.17) is 4.74 Å². The Morgan fingerprint density at radius 2 is 1.86 bits per heavy atom. The summed E-state index contributed by atoms with van der Waals surface area (Å²) in [5.41, 5.74) is 1.65. The fourth-order valence-corrected chi connectivity index (χ4v) is 4.23. The van der Waals surface area contributed by atoms with Gasteiger partial charge < -0.3 is 10.1 Å². The number of likely N-dealkylation sites (tertiary alicyclic amines) is 1. The Hall–Kier alpha value is -2.35. The summed E-state index contributed by atoms with van der Waals surface area (Å²) in [6.07, 6.45) is 5.68. The molecule has 0 radical (unpaired) electrons. The Bertz CT molecular complexity index is 767. The van der Waals surface area contributed by atoms with Gasteiger partial charge >= 0.3 is 0 Å². The average molecular weight is 396 g/mol. The van der Waals surface area contributed by atoms with Crippen LogP contribution in [-0.2, 0) is 4.74 Å². The van der Waals surface area contributed by atoms with Crippen molar-refractivity contribution >= 4 is 5.91 Å². The second-order valence-corrected chi connectivity index (χ2v) is 7.73. The Morgan fingerprint density at radius 3 is 2.62 bits per heavy atom. The number of nitrogens with zero attached hydrogens (tertiary/aromatic N) is 4. The van der Waals surface area contributed by atoms with E-state index in [1.54, 1.807) is 12.4 Å². The van der Waals surface area contributed by atoms with Crippen LogP contribution in [-0.4, -0.2) is 84.2 Å². The molecule has 2 aliphatic heterocycles. The van der Waals surface area contributed by atoms with E-state index in [9.17, 15) is 4.79 Å². The summed E-state index contributed by atoms with van der Waals surface area (Å²) in [7, 11) is 0. The summed E-state index contributed by atoms with van der Waals surface area (Å²) in [4.78, 5) is 25.8. The molecule has 4 rings (SSSR count). The van der Waals surface area contributed by atoms with Gasteiger partial charge in [0.2, 0.25) is 0 Å². The minimum atomic E-state index is -0.154. The topological polar surface area (TPSA) is 70.6 Å². The number of piperidine rings is 1. The van der Waals surface area contributed by atoms with Crippen LogP contribution in [0.5, 0.6) is 0 Å². The van der Waals surface area contributed by atoms with Crippen LogP contribution >= 0.6 is 0 Å². The molecule has 29 heavy (non-hydrogen) atoms. The number of benzene rings is 1. The van der Waals surface area contributed by atoms with E-state index in [2.05, 4.69) is 49.4 Å². The molecule has 1 aromatic heterocycles. The molecule has 2 aromatic rings. The highest BCUT2D eigenvalue weighted by atomic mass is 16.5. The van der Waals surface area contributed by atoms with Crippen LogP contribution in [0.15, 0.2) is 48.9 Å². The van der Waals surface area contributed by atoms with Crippen LogP contribution in [0.3, 0.4) is 0 Å². The molecule has 0 bridgehead atoms. The zero-order chi connectivity index (χ0) is 19.9. The van der Waals surface area contributed by atoms with E-state index in [-0.39, 0.29) is 11.9 Å². The van der Waals surface area contributed by atoms with Crippen molar-refractivity contribution in [3.63, 3.8) is 0 Å². The van der Waals surface area contributed by atoms with E-state index in [0.29, 0.717) is 11.6 Å². The first kappa shape index (κ1) is 19.9. The van der Waals surface area contributed by atoms with Gasteiger partial charge in [0.1, 0.15) is 5.69 Å². The molecule has 2 atom stereocenters. The maximum absolute atomic E-state index is 12.7. The molecule has 1 N–H and O–H groups in total. The monoisotopic (exact) mass is 395 g/mol. The second kappa shape index (κ2) is 9.91. The van der Waals surface area contributed by atoms with E-state index < -0.39 is 0 Å². The Kier molecular flexibility index (Phi) is 6.82. The standard InChI is InChI=1S/C22H29N5O2/c28-22(20-16-23-7-8-24-20)25-21-17-27(11-10-26-12-14-29-15-13-26)9-6-19(21)18-4-2-1-3-5-18/h1-5,7-8,16,19,21H,6,9-15,17H2,(H,25,28)/t19-,21-/m0/s1. The molecule has 0 spiro atoms. The number of carbonyl (C=O) groups is 1. The predicted molar refractivity (Wildman–Crippen MR) is 111 cm³/mol. The largest absolute Gasteiger partial charge is 0.379 e.